The Bertz CT molecular complexity index is 360. The van der Waals surface area contributed by atoms with E-state index < -0.39 is 0 Å². The predicted octanol–water partition coefficient (Wildman–Crippen LogP) is 2.36. The Morgan fingerprint density at radius 2 is 2.35 bits per heavy atom. The molecule has 3 nitrogen and oxygen atoms in total. The molecule has 2 bridgehead atoms. The molecule has 3 fully saturated rings. The molecule has 0 aromatic rings. The Hall–Kier alpha value is -1.12. The molecule has 0 heterocycles. The number of Topliss-reactive ketones (excluding diaryl/α,β-unsaturated/α-hetero) is 1. The Morgan fingerprint density at radius 1 is 1.65 bits per heavy atom. The number of methoxy groups -OCH3 is 1. The number of carbonyl (C=O) groups is 2. The van der Waals surface area contributed by atoms with Crippen LogP contribution in [0.1, 0.15) is 32.6 Å². The van der Waals surface area contributed by atoms with Gasteiger partial charge in [0.25, 0.3) is 0 Å². The molecule has 4 atom stereocenters. The zero-order chi connectivity index (χ0) is 12.6. The van der Waals surface area contributed by atoms with Crippen LogP contribution >= 0.6 is 0 Å². The number of esters is 1. The molecule has 0 aromatic heterocycles. The van der Waals surface area contributed by atoms with E-state index in [0.29, 0.717) is 18.6 Å². The smallest absolute Gasteiger partial charge is 0.309 e. The molecule has 0 aliphatic heterocycles. The van der Waals surface area contributed by atoms with Crippen LogP contribution < -0.4 is 0 Å². The average molecular weight is 236 g/mol. The van der Waals surface area contributed by atoms with Gasteiger partial charge in [-0.15, -0.1) is 6.58 Å². The first-order chi connectivity index (χ1) is 8.04. The molecular formula is C14H20O3. The summed E-state index contributed by atoms with van der Waals surface area (Å²) in [5, 5.41) is 0. The number of rotatable bonds is 3. The van der Waals surface area contributed by atoms with E-state index in [0.717, 1.165) is 12.8 Å². The molecule has 0 unspecified atom stereocenters. The fraction of sp³-hybridized carbons (Fsp3) is 0.714. The lowest BCUT2D eigenvalue weighted by Gasteiger charge is -2.52. The lowest BCUT2D eigenvalue weighted by Crippen LogP contribution is -2.55. The molecule has 17 heavy (non-hydrogen) atoms. The molecule has 3 rings (SSSR count). The molecule has 3 aliphatic rings. The first-order valence-electron chi connectivity index (χ1n) is 6.27. The van der Waals surface area contributed by atoms with Crippen LogP contribution in [-0.4, -0.2) is 18.9 Å². The third-order valence-corrected chi connectivity index (χ3v) is 4.78. The van der Waals surface area contributed by atoms with E-state index in [2.05, 4.69) is 13.5 Å². The minimum atomic E-state index is -0.229. The van der Waals surface area contributed by atoms with Crippen LogP contribution in [0.15, 0.2) is 12.7 Å². The highest BCUT2D eigenvalue weighted by Crippen LogP contribution is 2.56. The minimum Gasteiger partial charge on any atom is -0.469 e. The fourth-order valence-corrected chi connectivity index (χ4v) is 3.68. The highest BCUT2D eigenvalue weighted by atomic mass is 16.5. The van der Waals surface area contributed by atoms with Crippen molar-refractivity contribution in [1.29, 1.82) is 0 Å². The number of fused-ring (bicyclic) bond motifs is 3. The van der Waals surface area contributed by atoms with Crippen LogP contribution in [0.3, 0.4) is 0 Å². The molecule has 3 heteroatoms. The Kier molecular flexibility index (Phi) is 3.11. The Labute approximate surface area is 102 Å². The molecular weight excluding hydrogens is 216 g/mol. The molecule has 0 N–H and O–H groups in total. The Balaban J connectivity index is 2.33. The summed E-state index contributed by atoms with van der Waals surface area (Å²) in [6.07, 6.45) is 5.02. The number of ketones is 1. The number of ether oxygens (including phenoxy) is 1. The first kappa shape index (κ1) is 12.3. The van der Waals surface area contributed by atoms with Gasteiger partial charge >= 0.3 is 5.97 Å². The van der Waals surface area contributed by atoms with Crippen LogP contribution in [0, 0.1) is 23.2 Å². The van der Waals surface area contributed by atoms with E-state index in [-0.39, 0.29) is 29.1 Å². The zero-order valence-electron chi connectivity index (χ0n) is 10.6. The lowest BCUT2D eigenvalue weighted by molar-refractivity contribution is -0.167. The average Bonchev–Trinajstić information content (AvgIpc) is 2.33. The van der Waals surface area contributed by atoms with Crippen LogP contribution in [-0.2, 0) is 14.3 Å². The summed E-state index contributed by atoms with van der Waals surface area (Å²) in [6, 6.07) is 0. The van der Waals surface area contributed by atoms with Crippen molar-refractivity contribution in [2.45, 2.75) is 32.6 Å². The predicted molar refractivity (Wildman–Crippen MR) is 64.3 cm³/mol. The quantitative estimate of drug-likeness (QED) is 0.558. The molecule has 0 spiro atoms. The first-order valence-corrected chi connectivity index (χ1v) is 6.27. The van der Waals surface area contributed by atoms with Crippen molar-refractivity contribution in [1.82, 2.24) is 0 Å². The zero-order valence-corrected chi connectivity index (χ0v) is 10.6. The van der Waals surface area contributed by atoms with Crippen molar-refractivity contribution in [3.05, 3.63) is 12.7 Å². The second-order valence-electron chi connectivity index (χ2n) is 5.53. The molecule has 94 valence electrons. The highest BCUT2D eigenvalue weighted by Gasteiger charge is 2.57. The third-order valence-electron chi connectivity index (χ3n) is 4.78. The van der Waals surface area contributed by atoms with Gasteiger partial charge in [0.15, 0.2) is 0 Å². The van der Waals surface area contributed by atoms with Gasteiger partial charge in [0.2, 0.25) is 0 Å². The number of hydrogen-bond donors (Lipinski definition) is 0. The second-order valence-corrected chi connectivity index (χ2v) is 5.53. The van der Waals surface area contributed by atoms with Crippen molar-refractivity contribution in [2.24, 2.45) is 23.2 Å². The topological polar surface area (TPSA) is 43.4 Å². The summed E-state index contributed by atoms with van der Waals surface area (Å²) in [5.74, 6) is 0.0777. The highest BCUT2D eigenvalue weighted by molar-refractivity contribution is 5.89. The van der Waals surface area contributed by atoms with Gasteiger partial charge in [-0.1, -0.05) is 13.0 Å². The number of allylic oxidation sites excluding steroid dienone is 1. The van der Waals surface area contributed by atoms with Crippen molar-refractivity contribution >= 4 is 11.8 Å². The minimum absolute atomic E-state index is 0.0448. The van der Waals surface area contributed by atoms with Crippen LogP contribution in [0.2, 0.25) is 0 Å². The summed E-state index contributed by atoms with van der Waals surface area (Å²) in [7, 11) is 1.43. The van der Waals surface area contributed by atoms with Crippen LogP contribution in [0.5, 0.6) is 0 Å². The molecule has 0 aromatic carbocycles. The van der Waals surface area contributed by atoms with E-state index >= 15 is 0 Å². The number of hydrogen-bond acceptors (Lipinski definition) is 3. The van der Waals surface area contributed by atoms with Gasteiger partial charge < -0.3 is 4.74 Å². The number of carbonyl (C=O) groups excluding carboxylic acids is 2. The van der Waals surface area contributed by atoms with Crippen molar-refractivity contribution in [2.75, 3.05) is 7.11 Å². The largest absolute Gasteiger partial charge is 0.469 e. The van der Waals surface area contributed by atoms with Crippen LogP contribution in [0.4, 0.5) is 0 Å². The SMILES string of the molecule is C=CC[C@@H]1C(=O)[C@@H]2CC[C@@]1(C)[C@H](C(=O)OC)C2. The van der Waals surface area contributed by atoms with Gasteiger partial charge in [-0.3, -0.25) is 9.59 Å². The summed E-state index contributed by atoms with van der Waals surface area (Å²) < 4.78 is 4.89. The van der Waals surface area contributed by atoms with Gasteiger partial charge in [0.1, 0.15) is 5.78 Å². The normalized spacial score (nSPS) is 40.1. The van der Waals surface area contributed by atoms with Gasteiger partial charge in [0.05, 0.1) is 13.0 Å². The monoisotopic (exact) mass is 236 g/mol. The summed E-state index contributed by atoms with van der Waals surface area (Å²) in [5.41, 5.74) is -0.229. The molecule has 0 radical (unpaired) electrons. The van der Waals surface area contributed by atoms with Gasteiger partial charge in [-0.25, -0.2) is 0 Å². The fourth-order valence-electron chi connectivity index (χ4n) is 3.68. The van der Waals surface area contributed by atoms with E-state index in [1.54, 1.807) is 6.08 Å². The summed E-state index contributed by atoms with van der Waals surface area (Å²) in [4.78, 5) is 24.1. The van der Waals surface area contributed by atoms with Gasteiger partial charge in [-0.2, -0.15) is 0 Å². The standard InChI is InChI=1S/C14H20O3/c1-4-5-10-12(15)9-6-7-14(10,2)11(8-9)13(16)17-3/h4,9-11H,1,5-8H2,2-3H3/t9-,10-,11+,14-/m1/s1. The molecule has 0 saturated heterocycles. The van der Waals surface area contributed by atoms with E-state index in [1.807, 2.05) is 0 Å². The molecule has 3 saturated carbocycles. The Morgan fingerprint density at radius 3 is 2.94 bits per heavy atom. The van der Waals surface area contributed by atoms with Gasteiger partial charge in [-0.05, 0) is 31.1 Å². The summed E-state index contributed by atoms with van der Waals surface area (Å²) >= 11 is 0. The third kappa shape index (κ3) is 1.72. The van der Waals surface area contributed by atoms with E-state index in [1.165, 1.54) is 7.11 Å². The van der Waals surface area contributed by atoms with Crippen molar-refractivity contribution < 1.29 is 14.3 Å². The maximum atomic E-state index is 12.2. The summed E-state index contributed by atoms with van der Waals surface area (Å²) in [6.45, 7) is 5.79. The molecule has 0 amide bonds. The maximum absolute atomic E-state index is 12.2. The second kappa shape index (κ2) is 4.28. The molecule has 3 aliphatic carbocycles. The van der Waals surface area contributed by atoms with Crippen molar-refractivity contribution in [3.63, 3.8) is 0 Å². The lowest BCUT2D eigenvalue weighted by atomic mass is 9.50. The van der Waals surface area contributed by atoms with E-state index in [9.17, 15) is 9.59 Å². The van der Waals surface area contributed by atoms with E-state index in [4.69, 9.17) is 4.74 Å². The van der Waals surface area contributed by atoms with Crippen molar-refractivity contribution in [3.8, 4) is 0 Å². The van der Waals surface area contributed by atoms with Gasteiger partial charge in [0, 0.05) is 11.8 Å². The van der Waals surface area contributed by atoms with Crippen LogP contribution in [0.25, 0.3) is 0 Å². The maximum Gasteiger partial charge on any atom is 0.309 e.